The Balaban J connectivity index is 2.08. The Kier molecular flexibility index (Phi) is 5.35. The summed E-state index contributed by atoms with van der Waals surface area (Å²) in [6.45, 7) is 2.73. The first-order chi connectivity index (χ1) is 9.96. The zero-order valence-corrected chi connectivity index (χ0v) is 13.2. The van der Waals surface area contributed by atoms with E-state index in [9.17, 15) is 12.8 Å². The van der Waals surface area contributed by atoms with E-state index in [1.54, 1.807) is 0 Å². The molecule has 1 saturated heterocycles. The largest absolute Gasteiger partial charge is 0.296 e. The number of hydrogen-bond donors (Lipinski definition) is 0. The van der Waals surface area contributed by atoms with Crippen LogP contribution in [0.3, 0.4) is 0 Å². The highest BCUT2D eigenvalue weighted by Gasteiger charge is 2.37. The van der Waals surface area contributed by atoms with E-state index >= 15 is 0 Å². The first kappa shape index (κ1) is 16.4. The molecular formula is C15H22FNO3S. The summed E-state index contributed by atoms with van der Waals surface area (Å²) in [4.78, 5) is 2.15. The molecule has 4 nitrogen and oxygen atoms in total. The fraction of sp³-hybridized carbons (Fsp3) is 0.600. The Labute approximate surface area is 126 Å². The van der Waals surface area contributed by atoms with Crippen LogP contribution in [0.5, 0.6) is 0 Å². The van der Waals surface area contributed by atoms with Crippen molar-refractivity contribution in [3.63, 3.8) is 0 Å². The molecule has 1 fully saturated rings. The smallest absolute Gasteiger partial charge is 0.267 e. The highest BCUT2D eigenvalue weighted by molar-refractivity contribution is 7.86. The van der Waals surface area contributed by atoms with Crippen LogP contribution in [0.25, 0.3) is 0 Å². The maximum Gasteiger partial charge on any atom is 0.267 e. The molecule has 0 aromatic heterocycles. The fourth-order valence-corrected chi connectivity index (χ4v) is 3.97. The normalized spacial score (nSPS) is 25.1. The summed E-state index contributed by atoms with van der Waals surface area (Å²) in [5, 5.41) is 0. The monoisotopic (exact) mass is 315 g/mol. The van der Waals surface area contributed by atoms with Gasteiger partial charge in [-0.25, -0.2) is 0 Å². The maximum absolute atomic E-state index is 13.2. The van der Waals surface area contributed by atoms with Gasteiger partial charge in [0.2, 0.25) is 0 Å². The van der Waals surface area contributed by atoms with Crippen molar-refractivity contribution in [3.8, 4) is 0 Å². The molecule has 3 atom stereocenters. The molecule has 0 aliphatic carbocycles. The lowest BCUT2D eigenvalue weighted by Crippen LogP contribution is -2.26. The van der Waals surface area contributed by atoms with E-state index in [4.69, 9.17) is 0 Å². The van der Waals surface area contributed by atoms with Crippen molar-refractivity contribution in [2.75, 3.05) is 32.6 Å². The second-order valence-electron chi connectivity index (χ2n) is 5.61. The average molecular weight is 315 g/mol. The minimum absolute atomic E-state index is 0.115. The molecule has 118 valence electrons. The summed E-state index contributed by atoms with van der Waals surface area (Å²) in [5.41, 5.74) is 1.16. The maximum atomic E-state index is 13.2. The van der Waals surface area contributed by atoms with Crippen LogP contribution in [0.1, 0.15) is 18.5 Å². The van der Waals surface area contributed by atoms with Crippen molar-refractivity contribution in [3.05, 3.63) is 35.9 Å². The Bertz CT molecular complexity index is 549. The second kappa shape index (κ2) is 6.85. The molecule has 0 unspecified atom stereocenters. The number of alkyl halides is 1. The van der Waals surface area contributed by atoms with Gasteiger partial charge in [0, 0.05) is 25.0 Å². The van der Waals surface area contributed by atoms with Gasteiger partial charge in [0.25, 0.3) is 10.1 Å². The van der Waals surface area contributed by atoms with E-state index in [1.165, 1.54) is 0 Å². The number of nitrogens with zero attached hydrogens (tertiary/aromatic N) is 1. The minimum Gasteiger partial charge on any atom is -0.296 e. The van der Waals surface area contributed by atoms with Crippen molar-refractivity contribution in [1.29, 1.82) is 0 Å². The third-order valence-corrected chi connectivity index (χ3v) is 5.65. The molecule has 1 heterocycles. The number of likely N-dealkylation sites (tertiary alicyclic amines) is 1. The first-order valence-electron chi connectivity index (χ1n) is 7.10. The summed E-state index contributed by atoms with van der Waals surface area (Å²) in [5.74, 6) is -0.581. The highest BCUT2D eigenvalue weighted by Crippen LogP contribution is 2.32. The SMILES string of the molecule is COS(=O)(=O)C[C@@H]1CN([C@@H](C)c2ccccc2)C[C@H]1CF. The van der Waals surface area contributed by atoms with Crippen LogP contribution in [-0.4, -0.2) is 45.9 Å². The Morgan fingerprint density at radius 1 is 1.29 bits per heavy atom. The molecule has 0 N–H and O–H groups in total. The van der Waals surface area contributed by atoms with Gasteiger partial charge in [-0.3, -0.25) is 13.5 Å². The van der Waals surface area contributed by atoms with Crippen LogP contribution in [0.4, 0.5) is 4.39 Å². The van der Waals surface area contributed by atoms with Gasteiger partial charge in [-0.1, -0.05) is 30.3 Å². The predicted molar refractivity (Wildman–Crippen MR) is 80.2 cm³/mol. The summed E-state index contributed by atoms with van der Waals surface area (Å²) in [7, 11) is -2.40. The third-order valence-electron chi connectivity index (χ3n) is 4.30. The van der Waals surface area contributed by atoms with Crippen LogP contribution in [0.15, 0.2) is 30.3 Å². The van der Waals surface area contributed by atoms with E-state index in [0.717, 1.165) is 12.7 Å². The molecule has 1 aliphatic rings. The number of benzene rings is 1. The average Bonchev–Trinajstić information content (AvgIpc) is 2.89. The molecule has 0 spiro atoms. The van der Waals surface area contributed by atoms with Crippen molar-refractivity contribution in [2.24, 2.45) is 11.8 Å². The quantitative estimate of drug-likeness (QED) is 0.755. The van der Waals surface area contributed by atoms with Gasteiger partial charge in [-0.2, -0.15) is 8.42 Å². The molecule has 21 heavy (non-hydrogen) atoms. The van der Waals surface area contributed by atoms with Crippen molar-refractivity contribution in [2.45, 2.75) is 13.0 Å². The Morgan fingerprint density at radius 3 is 2.48 bits per heavy atom. The molecular weight excluding hydrogens is 293 g/mol. The van der Waals surface area contributed by atoms with Crippen LogP contribution in [0, 0.1) is 11.8 Å². The predicted octanol–water partition coefficient (Wildman–Crippen LogP) is 2.24. The summed E-state index contributed by atoms with van der Waals surface area (Å²) >= 11 is 0. The lowest BCUT2D eigenvalue weighted by atomic mass is 10.00. The van der Waals surface area contributed by atoms with Gasteiger partial charge >= 0.3 is 0 Å². The first-order valence-corrected chi connectivity index (χ1v) is 8.68. The number of hydrogen-bond acceptors (Lipinski definition) is 4. The van der Waals surface area contributed by atoms with Gasteiger partial charge in [-0.05, 0) is 18.4 Å². The van der Waals surface area contributed by atoms with Crippen molar-refractivity contribution >= 4 is 10.1 Å². The standard InChI is InChI=1S/C15H22FNO3S/c1-12(13-6-4-3-5-7-13)17-9-14(8-16)15(10-17)11-21(18,19)20-2/h3-7,12,14-15H,8-11H2,1-2H3/t12-,14+,15-/m0/s1. The molecule has 2 rings (SSSR count). The topological polar surface area (TPSA) is 46.6 Å². The molecule has 0 bridgehead atoms. The van der Waals surface area contributed by atoms with Crippen LogP contribution >= 0.6 is 0 Å². The van der Waals surface area contributed by atoms with E-state index in [0.29, 0.717) is 13.1 Å². The zero-order chi connectivity index (χ0) is 15.5. The lowest BCUT2D eigenvalue weighted by Gasteiger charge is -2.24. The van der Waals surface area contributed by atoms with E-state index in [2.05, 4.69) is 16.0 Å². The highest BCUT2D eigenvalue weighted by atomic mass is 32.2. The Hall–Kier alpha value is -0.980. The van der Waals surface area contributed by atoms with Gasteiger partial charge < -0.3 is 0 Å². The van der Waals surface area contributed by atoms with Gasteiger partial charge in [0.15, 0.2) is 0 Å². The van der Waals surface area contributed by atoms with Gasteiger partial charge in [-0.15, -0.1) is 0 Å². The summed E-state index contributed by atoms with van der Waals surface area (Å²) in [6.07, 6.45) is 0. The number of halogens is 1. The molecule has 0 saturated carbocycles. The van der Waals surface area contributed by atoms with Crippen molar-refractivity contribution < 1.29 is 17.0 Å². The Morgan fingerprint density at radius 2 is 1.90 bits per heavy atom. The van der Waals surface area contributed by atoms with E-state index in [1.807, 2.05) is 30.3 Å². The number of rotatable bonds is 6. The molecule has 1 aromatic carbocycles. The molecule has 1 aromatic rings. The molecule has 1 aliphatic heterocycles. The van der Waals surface area contributed by atoms with Crippen molar-refractivity contribution in [1.82, 2.24) is 4.90 Å². The van der Waals surface area contributed by atoms with Crippen LogP contribution in [0.2, 0.25) is 0 Å². The minimum atomic E-state index is -3.55. The molecule has 0 radical (unpaired) electrons. The summed E-state index contributed by atoms with van der Waals surface area (Å²) < 4.78 is 40.9. The second-order valence-corrected chi connectivity index (χ2v) is 7.39. The zero-order valence-electron chi connectivity index (χ0n) is 12.4. The van der Waals surface area contributed by atoms with E-state index in [-0.39, 0.29) is 23.6 Å². The lowest BCUT2D eigenvalue weighted by molar-refractivity contribution is 0.243. The van der Waals surface area contributed by atoms with Crippen LogP contribution in [-0.2, 0) is 14.3 Å². The fourth-order valence-electron chi connectivity index (χ4n) is 2.93. The molecule has 0 amide bonds. The van der Waals surface area contributed by atoms with Gasteiger partial charge in [0.1, 0.15) is 0 Å². The van der Waals surface area contributed by atoms with Gasteiger partial charge in [0.05, 0.1) is 19.5 Å². The molecule has 6 heteroatoms. The van der Waals surface area contributed by atoms with E-state index < -0.39 is 16.8 Å². The third kappa shape index (κ3) is 4.02. The van der Waals surface area contributed by atoms with Crippen LogP contribution < -0.4 is 0 Å². The summed E-state index contributed by atoms with van der Waals surface area (Å²) in [6, 6.07) is 10.1.